The van der Waals surface area contributed by atoms with E-state index in [0.29, 0.717) is 22.2 Å². The maximum atomic E-state index is 12.0. The van der Waals surface area contributed by atoms with Crippen LogP contribution in [0.15, 0.2) is 50.3 Å². The van der Waals surface area contributed by atoms with Crippen LogP contribution in [0.1, 0.15) is 29.3 Å². The van der Waals surface area contributed by atoms with Crippen molar-refractivity contribution < 1.29 is 28.3 Å². The van der Waals surface area contributed by atoms with E-state index in [1.165, 1.54) is 23.5 Å². The molecule has 9 nitrogen and oxygen atoms in total. The highest BCUT2D eigenvalue weighted by molar-refractivity contribution is 7.08. The van der Waals surface area contributed by atoms with Crippen LogP contribution < -0.4 is 16.3 Å². The van der Waals surface area contributed by atoms with Gasteiger partial charge in [0.1, 0.15) is 12.2 Å². The summed E-state index contributed by atoms with van der Waals surface area (Å²) in [7, 11) is 0. The zero-order valence-electron chi connectivity index (χ0n) is 16.6. The van der Waals surface area contributed by atoms with Crippen LogP contribution in [0.5, 0.6) is 0 Å². The number of carbonyl (C=O) groups is 3. The summed E-state index contributed by atoms with van der Waals surface area (Å²) in [6.45, 7) is 1.91. The summed E-state index contributed by atoms with van der Waals surface area (Å²) in [6.07, 6.45) is -0.636. The van der Waals surface area contributed by atoms with Gasteiger partial charge >= 0.3 is 17.7 Å². The Morgan fingerprint density at radius 1 is 1.13 bits per heavy atom. The third kappa shape index (κ3) is 6.16. The van der Waals surface area contributed by atoms with Gasteiger partial charge in [-0.05, 0) is 30.5 Å². The van der Waals surface area contributed by atoms with Crippen molar-refractivity contribution in [1.82, 2.24) is 5.32 Å². The second-order valence-corrected chi connectivity index (χ2v) is 7.11. The first-order valence-corrected chi connectivity index (χ1v) is 10.4. The van der Waals surface area contributed by atoms with Crippen LogP contribution >= 0.6 is 11.3 Å². The summed E-state index contributed by atoms with van der Waals surface area (Å²) < 4.78 is 15.2. The Morgan fingerprint density at radius 2 is 1.97 bits per heavy atom. The molecule has 0 saturated heterocycles. The molecule has 0 radical (unpaired) electrons. The van der Waals surface area contributed by atoms with Crippen molar-refractivity contribution in [3.05, 3.63) is 62.6 Å². The molecule has 3 aromatic rings. The zero-order chi connectivity index (χ0) is 22.2. The minimum Gasteiger partial charge on any atom is -0.461 e. The summed E-state index contributed by atoms with van der Waals surface area (Å²) in [6, 6.07) is 7.68. The second kappa shape index (κ2) is 10.4. The molecule has 0 unspecified atom stereocenters. The normalized spacial score (nSPS) is 10.5. The van der Waals surface area contributed by atoms with Crippen molar-refractivity contribution in [3.8, 4) is 0 Å². The summed E-state index contributed by atoms with van der Waals surface area (Å²) in [4.78, 5) is 47.3. The summed E-state index contributed by atoms with van der Waals surface area (Å²) >= 11 is 1.41. The third-order valence-electron chi connectivity index (χ3n) is 4.14. The number of hydrogen-bond donors (Lipinski definition) is 2. The van der Waals surface area contributed by atoms with E-state index < -0.39 is 17.7 Å². The molecular formula is C21H20N2O7S. The number of ether oxygens (including phenoxy) is 2. The quantitative estimate of drug-likeness (QED) is 0.404. The Labute approximate surface area is 181 Å². The van der Waals surface area contributed by atoms with Crippen LogP contribution in [-0.2, 0) is 20.9 Å². The standard InChI is InChI=1S/C21H20N2O7S/c1-2-28-21(27)23-15-3-4-16-14(9-19(25)30-17(16)10-15)11-29-18(24)5-7-22-20(26)13-6-8-31-12-13/h3-4,6,8-10,12H,2,5,7,11H2,1H3,(H,22,26)(H,23,27). The monoisotopic (exact) mass is 444 g/mol. The first kappa shape index (κ1) is 22.0. The number of anilines is 1. The van der Waals surface area contributed by atoms with Gasteiger partial charge in [0.25, 0.3) is 5.91 Å². The highest BCUT2D eigenvalue weighted by Crippen LogP contribution is 2.22. The van der Waals surface area contributed by atoms with Crippen LogP contribution in [0.3, 0.4) is 0 Å². The summed E-state index contributed by atoms with van der Waals surface area (Å²) in [5, 5.41) is 9.23. The van der Waals surface area contributed by atoms with Crippen LogP contribution in [0.2, 0.25) is 0 Å². The lowest BCUT2D eigenvalue weighted by molar-refractivity contribution is -0.144. The van der Waals surface area contributed by atoms with Gasteiger partial charge in [-0.15, -0.1) is 0 Å². The smallest absolute Gasteiger partial charge is 0.411 e. The van der Waals surface area contributed by atoms with E-state index in [9.17, 15) is 19.2 Å². The van der Waals surface area contributed by atoms with Crippen molar-refractivity contribution in [3.63, 3.8) is 0 Å². The second-order valence-electron chi connectivity index (χ2n) is 6.33. The van der Waals surface area contributed by atoms with E-state index >= 15 is 0 Å². The van der Waals surface area contributed by atoms with Crippen molar-refractivity contribution in [2.24, 2.45) is 0 Å². The Kier molecular flexibility index (Phi) is 7.39. The van der Waals surface area contributed by atoms with Gasteiger partial charge in [0, 0.05) is 46.3 Å². The number of esters is 1. The lowest BCUT2D eigenvalue weighted by atomic mass is 10.1. The molecule has 0 fully saturated rings. The fourth-order valence-corrected chi connectivity index (χ4v) is 3.35. The van der Waals surface area contributed by atoms with E-state index in [1.807, 2.05) is 0 Å². The molecule has 0 aliphatic carbocycles. The Balaban J connectivity index is 1.59. The molecule has 0 spiro atoms. The molecule has 31 heavy (non-hydrogen) atoms. The van der Waals surface area contributed by atoms with Gasteiger partial charge in [0.2, 0.25) is 0 Å². The molecule has 0 saturated carbocycles. The number of amides is 2. The molecule has 3 rings (SSSR count). The average Bonchev–Trinajstić information content (AvgIpc) is 3.27. The number of fused-ring (bicyclic) bond motifs is 1. The Morgan fingerprint density at radius 3 is 2.71 bits per heavy atom. The molecule has 2 aromatic heterocycles. The fraction of sp³-hybridized carbons (Fsp3) is 0.238. The molecule has 2 heterocycles. The molecule has 1 aromatic carbocycles. The first-order valence-electron chi connectivity index (χ1n) is 9.43. The first-order chi connectivity index (χ1) is 15.0. The molecular weight excluding hydrogens is 424 g/mol. The van der Waals surface area contributed by atoms with Crippen LogP contribution in [0.4, 0.5) is 10.5 Å². The van der Waals surface area contributed by atoms with Gasteiger partial charge in [-0.25, -0.2) is 9.59 Å². The highest BCUT2D eigenvalue weighted by Gasteiger charge is 2.12. The fourth-order valence-electron chi connectivity index (χ4n) is 2.72. The topological polar surface area (TPSA) is 124 Å². The minimum atomic E-state index is -0.625. The predicted octanol–water partition coefficient (Wildman–Crippen LogP) is 3.29. The molecule has 0 aliphatic heterocycles. The summed E-state index contributed by atoms with van der Waals surface area (Å²) in [5.74, 6) is -0.777. The van der Waals surface area contributed by atoms with E-state index in [0.717, 1.165) is 0 Å². The van der Waals surface area contributed by atoms with Crippen molar-refractivity contribution in [1.29, 1.82) is 0 Å². The maximum Gasteiger partial charge on any atom is 0.411 e. The number of thiophene rings is 1. The van der Waals surface area contributed by atoms with Gasteiger partial charge in [0.15, 0.2) is 0 Å². The average molecular weight is 444 g/mol. The lowest BCUT2D eigenvalue weighted by Crippen LogP contribution is -2.26. The van der Waals surface area contributed by atoms with Gasteiger partial charge in [0.05, 0.1) is 13.0 Å². The number of hydrogen-bond acceptors (Lipinski definition) is 8. The summed E-state index contributed by atoms with van der Waals surface area (Å²) in [5.41, 5.74) is 1.01. The van der Waals surface area contributed by atoms with Crippen LogP contribution in [0.25, 0.3) is 11.0 Å². The molecule has 2 amide bonds. The van der Waals surface area contributed by atoms with Crippen molar-refractivity contribution in [2.45, 2.75) is 20.0 Å². The van der Waals surface area contributed by atoms with Crippen LogP contribution in [-0.4, -0.2) is 31.1 Å². The van der Waals surface area contributed by atoms with Gasteiger partial charge in [-0.2, -0.15) is 11.3 Å². The number of nitrogens with one attached hydrogen (secondary N) is 2. The molecule has 0 bridgehead atoms. The van der Waals surface area contributed by atoms with E-state index in [4.69, 9.17) is 13.9 Å². The molecule has 0 aliphatic rings. The molecule has 0 atom stereocenters. The zero-order valence-corrected chi connectivity index (χ0v) is 17.5. The SMILES string of the molecule is CCOC(=O)Nc1ccc2c(COC(=O)CCNC(=O)c3ccsc3)cc(=O)oc2c1. The predicted molar refractivity (Wildman–Crippen MR) is 114 cm³/mol. The lowest BCUT2D eigenvalue weighted by Gasteiger charge is -2.09. The Hall–Kier alpha value is -3.66. The number of benzene rings is 1. The maximum absolute atomic E-state index is 12.0. The highest BCUT2D eigenvalue weighted by atomic mass is 32.1. The van der Waals surface area contributed by atoms with Gasteiger partial charge in [-0.3, -0.25) is 14.9 Å². The van der Waals surface area contributed by atoms with Gasteiger partial charge < -0.3 is 19.2 Å². The van der Waals surface area contributed by atoms with Crippen molar-refractivity contribution >= 4 is 46.0 Å². The number of carbonyl (C=O) groups excluding carboxylic acids is 3. The Bertz CT molecular complexity index is 1140. The minimum absolute atomic E-state index is 0.0111. The van der Waals surface area contributed by atoms with Gasteiger partial charge in [-0.1, -0.05) is 0 Å². The molecule has 2 N–H and O–H groups in total. The largest absolute Gasteiger partial charge is 0.461 e. The van der Waals surface area contributed by atoms with Crippen LogP contribution in [0, 0.1) is 0 Å². The van der Waals surface area contributed by atoms with E-state index in [1.54, 1.807) is 35.9 Å². The van der Waals surface area contributed by atoms with E-state index in [2.05, 4.69) is 10.6 Å². The molecule has 162 valence electrons. The number of rotatable bonds is 8. The molecule has 10 heteroatoms. The van der Waals surface area contributed by atoms with Crippen molar-refractivity contribution in [2.75, 3.05) is 18.5 Å². The third-order valence-corrected chi connectivity index (χ3v) is 4.82. The van der Waals surface area contributed by atoms with E-state index in [-0.39, 0.29) is 37.7 Å².